The summed E-state index contributed by atoms with van der Waals surface area (Å²) in [5.74, 6) is 0.0299. The van der Waals surface area contributed by atoms with Crippen LogP contribution in [0.1, 0.15) is 0 Å². The molecule has 0 saturated heterocycles. The fraction of sp³-hybridized carbons (Fsp3) is 0.0833. The molecule has 7 heteroatoms. The number of hydrogen-bond donors (Lipinski definition) is 2. The average Bonchev–Trinajstić information content (AvgIpc) is 2.85. The van der Waals surface area contributed by atoms with Crippen LogP contribution < -0.4 is 10.5 Å². The number of nitrogens with two attached hydrogens (primary N) is 1. The monoisotopic (exact) mass is 259 g/mol. The summed E-state index contributed by atoms with van der Waals surface area (Å²) >= 11 is 0. The molecule has 3 N–H and O–H groups in total. The van der Waals surface area contributed by atoms with Crippen LogP contribution in [0.3, 0.4) is 0 Å². The molecule has 0 aliphatic carbocycles. The van der Waals surface area contributed by atoms with Gasteiger partial charge in [0.15, 0.2) is 5.65 Å². The number of anilines is 1. The van der Waals surface area contributed by atoms with Crippen molar-refractivity contribution in [2.75, 3.05) is 12.8 Å². The molecule has 0 spiro atoms. The van der Waals surface area contributed by atoms with Crippen LogP contribution in [0.2, 0.25) is 0 Å². The summed E-state index contributed by atoms with van der Waals surface area (Å²) < 4.78 is 19.0. The van der Waals surface area contributed by atoms with Gasteiger partial charge in [0, 0.05) is 11.6 Å². The molecule has 19 heavy (non-hydrogen) atoms. The normalized spacial score (nSPS) is 10.8. The number of nitrogens with one attached hydrogen (secondary N) is 1. The molecule has 2 heterocycles. The Bertz CT molecular complexity index is 755. The van der Waals surface area contributed by atoms with Crippen LogP contribution in [-0.4, -0.2) is 27.0 Å². The summed E-state index contributed by atoms with van der Waals surface area (Å²) in [5.41, 5.74) is 7.23. The molecule has 3 aromatic rings. The number of rotatable bonds is 2. The minimum Gasteiger partial charge on any atom is -0.497 e. The number of aromatic amines is 1. The van der Waals surface area contributed by atoms with Crippen LogP contribution in [0, 0.1) is 5.82 Å². The van der Waals surface area contributed by atoms with Gasteiger partial charge in [-0.2, -0.15) is 4.98 Å². The Morgan fingerprint density at radius 1 is 1.32 bits per heavy atom. The van der Waals surface area contributed by atoms with Crippen molar-refractivity contribution < 1.29 is 9.13 Å². The lowest BCUT2D eigenvalue weighted by Crippen LogP contribution is -1.99. The molecule has 0 aliphatic heterocycles. The maximum absolute atomic E-state index is 14.1. The first-order valence-corrected chi connectivity index (χ1v) is 5.49. The van der Waals surface area contributed by atoms with Crippen LogP contribution >= 0.6 is 0 Å². The van der Waals surface area contributed by atoms with E-state index in [1.165, 1.54) is 19.5 Å². The number of nitrogen functional groups attached to an aromatic ring is 1. The minimum absolute atomic E-state index is 0.0461. The Labute approximate surface area is 107 Å². The number of ether oxygens (including phenoxy) is 1. The number of aromatic nitrogens is 4. The van der Waals surface area contributed by atoms with Gasteiger partial charge in [0.1, 0.15) is 22.8 Å². The van der Waals surface area contributed by atoms with Gasteiger partial charge in [-0.25, -0.2) is 14.4 Å². The molecule has 0 atom stereocenters. The Hall–Kier alpha value is -2.70. The second-order valence-electron chi connectivity index (χ2n) is 3.88. The molecule has 0 saturated carbocycles. The van der Waals surface area contributed by atoms with Crippen molar-refractivity contribution in [3.05, 3.63) is 30.3 Å². The zero-order chi connectivity index (χ0) is 13.4. The molecule has 96 valence electrons. The van der Waals surface area contributed by atoms with Gasteiger partial charge in [-0.15, -0.1) is 0 Å². The van der Waals surface area contributed by atoms with E-state index in [4.69, 9.17) is 10.5 Å². The van der Waals surface area contributed by atoms with Crippen molar-refractivity contribution in [3.8, 4) is 17.0 Å². The first-order valence-electron chi connectivity index (χ1n) is 5.49. The maximum Gasteiger partial charge on any atom is 0.222 e. The quantitative estimate of drug-likeness (QED) is 0.731. The molecule has 0 amide bonds. The van der Waals surface area contributed by atoms with E-state index in [0.717, 1.165) is 0 Å². The lowest BCUT2D eigenvalue weighted by Gasteiger charge is -2.06. The van der Waals surface area contributed by atoms with Crippen LogP contribution in [-0.2, 0) is 0 Å². The van der Waals surface area contributed by atoms with Crippen LogP contribution in [0.25, 0.3) is 22.4 Å². The first kappa shape index (κ1) is 11.4. The average molecular weight is 259 g/mol. The number of H-pyrrole nitrogens is 1. The van der Waals surface area contributed by atoms with E-state index in [2.05, 4.69) is 19.9 Å². The molecule has 0 fully saturated rings. The Kier molecular flexibility index (Phi) is 2.52. The van der Waals surface area contributed by atoms with Gasteiger partial charge in [0.2, 0.25) is 5.95 Å². The molecular weight excluding hydrogens is 249 g/mol. The third kappa shape index (κ3) is 1.85. The summed E-state index contributed by atoms with van der Waals surface area (Å²) in [7, 11) is 1.48. The zero-order valence-electron chi connectivity index (χ0n) is 10.0. The largest absolute Gasteiger partial charge is 0.497 e. The molecule has 0 aliphatic rings. The predicted molar refractivity (Wildman–Crippen MR) is 68.0 cm³/mol. The van der Waals surface area contributed by atoms with E-state index in [0.29, 0.717) is 28.2 Å². The Morgan fingerprint density at radius 2 is 2.16 bits per heavy atom. The van der Waals surface area contributed by atoms with Gasteiger partial charge in [-0.1, -0.05) is 0 Å². The molecule has 6 nitrogen and oxygen atoms in total. The number of methoxy groups -OCH3 is 1. The van der Waals surface area contributed by atoms with Crippen LogP contribution in [0.15, 0.2) is 24.5 Å². The maximum atomic E-state index is 14.1. The van der Waals surface area contributed by atoms with Crippen molar-refractivity contribution in [1.82, 2.24) is 19.9 Å². The van der Waals surface area contributed by atoms with Crippen LogP contribution in [0.5, 0.6) is 5.75 Å². The highest BCUT2D eigenvalue weighted by atomic mass is 19.1. The highest BCUT2D eigenvalue weighted by Gasteiger charge is 2.14. The molecule has 0 bridgehead atoms. The van der Waals surface area contributed by atoms with E-state index >= 15 is 0 Å². The second-order valence-corrected chi connectivity index (χ2v) is 3.88. The highest BCUT2D eigenvalue weighted by Crippen LogP contribution is 2.29. The molecule has 2 aromatic heterocycles. The minimum atomic E-state index is -0.451. The molecule has 1 aromatic carbocycles. The number of fused-ring (bicyclic) bond motifs is 1. The summed E-state index contributed by atoms with van der Waals surface area (Å²) in [6.45, 7) is 0. The summed E-state index contributed by atoms with van der Waals surface area (Å²) in [6, 6.07) is 4.52. The number of imidazole rings is 1. The first-order chi connectivity index (χ1) is 9.19. The Morgan fingerprint density at radius 3 is 2.89 bits per heavy atom. The summed E-state index contributed by atoms with van der Waals surface area (Å²) in [5, 5.41) is 0. The Balaban J connectivity index is 2.26. The van der Waals surface area contributed by atoms with Gasteiger partial charge in [-0.3, -0.25) is 0 Å². The SMILES string of the molecule is COc1ccc(-c2nc(N)nc3nc[nH]c23)c(F)c1. The topological polar surface area (TPSA) is 89.7 Å². The summed E-state index contributed by atoms with van der Waals surface area (Å²) in [6.07, 6.45) is 1.46. The van der Waals surface area contributed by atoms with E-state index in [1.807, 2.05) is 0 Å². The van der Waals surface area contributed by atoms with E-state index in [9.17, 15) is 4.39 Å². The van der Waals surface area contributed by atoms with E-state index in [1.54, 1.807) is 12.1 Å². The highest BCUT2D eigenvalue weighted by molar-refractivity contribution is 5.88. The second kappa shape index (κ2) is 4.20. The fourth-order valence-electron chi connectivity index (χ4n) is 1.86. The van der Waals surface area contributed by atoms with Crippen LogP contribution in [0.4, 0.5) is 10.3 Å². The standard InChI is InChI=1S/C12H10FN5O/c1-19-6-2-3-7(8(13)4-6)9-10-11(16-5-15-10)18-12(14)17-9/h2-5H,1H3,(H3,14,15,16,17,18). The molecule has 3 rings (SSSR count). The van der Waals surface area contributed by atoms with E-state index in [-0.39, 0.29) is 5.95 Å². The number of hydrogen-bond acceptors (Lipinski definition) is 5. The zero-order valence-corrected chi connectivity index (χ0v) is 10.0. The molecule has 0 unspecified atom stereocenters. The summed E-state index contributed by atoms with van der Waals surface area (Å²) in [4.78, 5) is 14.9. The third-order valence-electron chi connectivity index (χ3n) is 2.73. The lowest BCUT2D eigenvalue weighted by molar-refractivity contribution is 0.411. The fourth-order valence-corrected chi connectivity index (χ4v) is 1.86. The smallest absolute Gasteiger partial charge is 0.222 e. The van der Waals surface area contributed by atoms with E-state index < -0.39 is 5.82 Å². The number of halogens is 1. The lowest BCUT2D eigenvalue weighted by atomic mass is 10.1. The number of benzene rings is 1. The van der Waals surface area contributed by atoms with Gasteiger partial charge in [0.25, 0.3) is 0 Å². The predicted octanol–water partition coefficient (Wildman–Crippen LogP) is 1.75. The third-order valence-corrected chi connectivity index (χ3v) is 2.73. The molecular formula is C12H10FN5O. The van der Waals surface area contributed by atoms with Gasteiger partial charge in [-0.05, 0) is 12.1 Å². The van der Waals surface area contributed by atoms with Crippen molar-refractivity contribution in [2.45, 2.75) is 0 Å². The van der Waals surface area contributed by atoms with Crippen molar-refractivity contribution in [3.63, 3.8) is 0 Å². The molecule has 0 radical (unpaired) electrons. The number of nitrogens with zero attached hydrogens (tertiary/aromatic N) is 3. The van der Waals surface area contributed by atoms with Crippen molar-refractivity contribution >= 4 is 17.1 Å². The van der Waals surface area contributed by atoms with Crippen molar-refractivity contribution in [1.29, 1.82) is 0 Å². The van der Waals surface area contributed by atoms with Gasteiger partial charge < -0.3 is 15.5 Å². The van der Waals surface area contributed by atoms with Gasteiger partial charge in [0.05, 0.1) is 13.4 Å². The van der Waals surface area contributed by atoms with Crippen molar-refractivity contribution in [2.24, 2.45) is 0 Å². The van der Waals surface area contributed by atoms with Gasteiger partial charge >= 0.3 is 0 Å².